The number of unbranched alkanes of at least 4 members (excludes halogenated alkanes) is 1. The number of benzene rings is 1. The molecule has 124 valence electrons. The second-order valence-corrected chi connectivity index (χ2v) is 5.72. The number of anilines is 1. The van der Waals surface area contributed by atoms with Crippen LogP contribution < -0.4 is 11.0 Å². The number of hydrogen-bond acceptors (Lipinski definition) is 4. The quantitative estimate of drug-likeness (QED) is 0.757. The molecular weight excluding hydrogens is 326 g/mol. The Morgan fingerprint density at radius 3 is 2.96 bits per heavy atom. The molecule has 2 aromatic rings. The second-order valence-electron chi connectivity index (χ2n) is 4.78. The van der Waals surface area contributed by atoms with E-state index in [0.29, 0.717) is 11.7 Å². The third-order valence-electron chi connectivity index (χ3n) is 2.99. The fourth-order valence-corrected chi connectivity index (χ4v) is 2.61. The molecule has 0 aliphatic rings. The van der Waals surface area contributed by atoms with Gasteiger partial charge >= 0.3 is 5.69 Å². The molecule has 0 atom stereocenters. The summed E-state index contributed by atoms with van der Waals surface area (Å²) in [6.45, 7) is 2.51. The maximum absolute atomic E-state index is 13.4. The molecule has 2 rings (SSSR count). The molecule has 0 spiro atoms. The van der Waals surface area contributed by atoms with Gasteiger partial charge < -0.3 is 5.32 Å². The standard InChI is InChI=1S/C14H16F2N4O2S/c1-2-3-6-20-13(22)18-19-14(20)23-8-12(21)17-11-7-9(15)4-5-10(11)16/h4-5,7H,2-3,6,8H2,1H3,(H,17,21)(H,18,22). The molecule has 0 saturated heterocycles. The molecule has 1 heterocycles. The first-order valence-electron chi connectivity index (χ1n) is 7.04. The highest BCUT2D eigenvalue weighted by Crippen LogP contribution is 2.17. The van der Waals surface area contributed by atoms with Crippen LogP contribution >= 0.6 is 11.8 Å². The highest BCUT2D eigenvalue weighted by molar-refractivity contribution is 7.99. The Labute approximate surface area is 135 Å². The van der Waals surface area contributed by atoms with Gasteiger partial charge in [-0.1, -0.05) is 25.1 Å². The number of thioether (sulfide) groups is 1. The Morgan fingerprint density at radius 1 is 1.43 bits per heavy atom. The first-order valence-corrected chi connectivity index (χ1v) is 8.02. The lowest BCUT2D eigenvalue weighted by molar-refractivity contribution is -0.113. The van der Waals surface area contributed by atoms with Crippen LogP contribution in [0.5, 0.6) is 0 Å². The van der Waals surface area contributed by atoms with Crippen LogP contribution in [0.15, 0.2) is 28.2 Å². The van der Waals surface area contributed by atoms with Crippen LogP contribution in [0.4, 0.5) is 14.5 Å². The molecule has 0 aliphatic carbocycles. The van der Waals surface area contributed by atoms with E-state index < -0.39 is 17.5 Å². The lowest BCUT2D eigenvalue weighted by Crippen LogP contribution is -2.19. The summed E-state index contributed by atoms with van der Waals surface area (Å²) in [5.41, 5.74) is -0.557. The molecule has 0 aliphatic heterocycles. The van der Waals surface area contributed by atoms with Crippen LogP contribution in [0.2, 0.25) is 0 Å². The molecule has 1 amide bonds. The van der Waals surface area contributed by atoms with Crippen molar-refractivity contribution in [1.82, 2.24) is 14.8 Å². The Bertz CT molecular complexity index is 745. The first kappa shape index (κ1) is 17.2. The summed E-state index contributed by atoms with van der Waals surface area (Å²) in [7, 11) is 0. The molecule has 2 N–H and O–H groups in total. The average Bonchev–Trinajstić information content (AvgIpc) is 2.87. The van der Waals surface area contributed by atoms with E-state index in [0.717, 1.165) is 42.8 Å². The van der Waals surface area contributed by atoms with E-state index in [2.05, 4.69) is 15.5 Å². The van der Waals surface area contributed by atoms with Gasteiger partial charge in [-0.05, 0) is 18.6 Å². The van der Waals surface area contributed by atoms with Crippen molar-refractivity contribution < 1.29 is 13.6 Å². The van der Waals surface area contributed by atoms with Gasteiger partial charge in [0.15, 0.2) is 5.16 Å². The topological polar surface area (TPSA) is 79.8 Å². The summed E-state index contributed by atoms with van der Waals surface area (Å²) in [4.78, 5) is 23.4. The van der Waals surface area contributed by atoms with Gasteiger partial charge in [0.05, 0.1) is 11.4 Å². The largest absolute Gasteiger partial charge is 0.343 e. The van der Waals surface area contributed by atoms with E-state index in [9.17, 15) is 18.4 Å². The summed E-state index contributed by atoms with van der Waals surface area (Å²) in [6, 6.07) is 2.81. The molecule has 23 heavy (non-hydrogen) atoms. The minimum atomic E-state index is -0.718. The number of hydrogen-bond donors (Lipinski definition) is 2. The maximum Gasteiger partial charge on any atom is 0.343 e. The van der Waals surface area contributed by atoms with E-state index in [-0.39, 0.29) is 17.1 Å². The van der Waals surface area contributed by atoms with Crippen molar-refractivity contribution in [1.29, 1.82) is 0 Å². The van der Waals surface area contributed by atoms with Gasteiger partial charge in [0.25, 0.3) is 0 Å². The van der Waals surface area contributed by atoms with E-state index in [1.165, 1.54) is 4.57 Å². The van der Waals surface area contributed by atoms with Gasteiger partial charge in [0, 0.05) is 12.6 Å². The SMILES string of the molecule is CCCCn1c(SCC(=O)Nc2cc(F)ccc2F)n[nH]c1=O. The number of nitrogens with zero attached hydrogens (tertiary/aromatic N) is 2. The van der Waals surface area contributed by atoms with Gasteiger partial charge in [-0.25, -0.2) is 18.7 Å². The highest BCUT2D eigenvalue weighted by Gasteiger charge is 2.13. The number of amides is 1. The van der Waals surface area contributed by atoms with Crippen molar-refractivity contribution in [3.05, 3.63) is 40.3 Å². The predicted molar refractivity (Wildman–Crippen MR) is 83.5 cm³/mol. The summed E-state index contributed by atoms with van der Waals surface area (Å²) in [6.07, 6.45) is 1.73. The van der Waals surface area contributed by atoms with E-state index in [1.807, 2.05) is 6.92 Å². The summed E-state index contributed by atoms with van der Waals surface area (Å²) in [5, 5.41) is 8.86. The van der Waals surface area contributed by atoms with Crippen molar-refractivity contribution in [2.75, 3.05) is 11.1 Å². The van der Waals surface area contributed by atoms with Crippen LogP contribution in [0.1, 0.15) is 19.8 Å². The number of rotatable bonds is 7. The third kappa shape index (κ3) is 4.65. The number of carbonyl (C=O) groups excluding carboxylic acids is 1. The van der Waals surface area contributed by atoms with E-state index >= 15 is 0 Å². The third-order valence-corrected chi connectivity index (χ3v) is 3.97. The maximum atomic E-state index is 13.4. The van der Waals surface area contributed by atoms with Crippen LogP contribution in [0, 0.1) is 11.6 Å². The Kier molecular flexibility index (Phi) is 5.91. The summed E-state index contributed by atoms with van der Waals surface area (Å²) in [5.74, 6) is -1.96. The lowest BCUT2D eigenvalue weighted by Gasteiger charge is -2.07. The van der Waals surface area contributed by atoms with Gasteiger partial charge in [0.2, 0.25) is 5.91 Å². The monoisotopic (exact) mass is 342 g/mol. The number of carbonyl (C=O) groups is 1. The van der Waals surface area contributed by atoms with Crippen molar-refractivity contribution >= 4 is 23.4 Å². The molecule has 0 bridgehead atoms. The smallest absolute Gasteiger partial charge is 0.323 e. The van der Waals surface area contributed by atoms with E-state index in [4.69, 9.17) is 0 Å². The molecule has 0 radical (unpaired) electrons. The van der Waals surface area contributed by atoms with Crippen LogP contribution in [-0.2, 0) is 11.3 Å². The van der Waals surface area contributed by atoms with Gasteiger partial charge in [0.1, 0.15) is 11.6 Å². The van der Waals surface area contributed by atoms with Crippen molar-refractivity contribution in [2.24, 2.45) is 0 Å². The van der Waals surface area contributed by atoms with Crippen LogP contribution in [-0.4, -0.2) is 26.4 Å². The molecule has 0 unspecified atom stereocenters. The first-order chi connectivity index (χ1) is 11.0. The Balaban J connectivity index is 1.97. The summed E-state index contributed by atoms with van der Waals surface area (Å²) < 4.78 is 27.9. The van der Waals surface area contributed by atoms with Gasteiger partial charge in [-0.15, -0.1) is 5.10 Å². The fraction of sp³-hybridized carbons (Fsp3) is 0.357. The van der Waals surface area contributed by atoms with Gasteiger partial charge in [-0.3, -0.25) is 9.36 Å². The van der Waals surface area contributed by atoms with Crippen LogP contribution in [0.3, 0.4) is 0 Å². The Morgan fingerprint density at radius 2 is 2.22 bits per heavy atom. The van der Waals surface area contributed by atoms with Crippen molar-refractivity contribution in [3.8, 4) is 0 Å². The number of aromatic amines is 1. The number of H-pyrrole nitrogens is 1. The molecule has 1 aromatic heterocycles. The fourth-order valence-electron chi connectivity index (χ4n) is 1.84. The average molecular weight is 342 g/mol. The zero-order chi connectivity index (χ0) is 16.8. The van der Waals surface area contributed by atoms with E-state index in [1.54, 1.807) is 0 Å². The highest BCUT2D eigenvalue weighted by atomic mass is 32.2. The molecule has 1 aromatic carbocycles. The second kappa shape index (κ2) is 7.91. The van der Waals surface area contributed by atoms with Crippen LogP contribution in [0.25, 0.3) is 0 Å². The lowest BCUT2D eigenvalue weighted by atomic mass is 10.3. The zero-order valence-corrected chi connectivity index (χ0v) is 13.3. The minimum absolute atomic E-state index is 0.0770. The number of halogens is 2. The predicted octanol–water partition coefficient (Wildman–Crippen LogP) is 2.38. The normalized spacial score (nSPS) is 10.7. The van der Waals surface area contributed by atoms with Gasteiger partial charge in [-0.2, -0.15) is 0 Å². The zero-order valence-electron chi connectivity index (χ0n) is 12.4. The molecule has 0 saturated carbocycles. The molecule has 9 heteroatoms. The molecule has 6 nitrogen and oxygen atoms in total. The Hall–Kier alpha value is -2.16. The van der Waals surface area contributed by atoms with Crippen molar-refractivity contribution in [2.45, 2.75) is 31.5 Å². The number of aromatic nitrogens is 3. The minimum Gasteiger partial charge on any atom is -0.323 e. The molecular formula is C14H16F2N4O2S. The summed E-state index contributed by atoms with van der Waals surface area (Å²) >= 11 is 1.05. The number of nitrogens with one attached hydrogen (secondary N) is 2. The van der Waals surface area contributed by atoms with Crippen molar-refractivity contribution in [3.63, 3.8) is 0 Å². The molecule has 0 fully saturated rings.